The summed E-state index contributed by atoms with van der Waals surface area (Å²) >= 11 is 0. The maximum atomic E-state index is 13.2. The Balaban J connectivity index is 1.74. The second-order valence-corrected chi connectivity index (χ2v) is 6.36. The number of hydrogen-bond donors (Lipinski definition) is 0. The third kappa shape index (κ3) is 4.35. The SMILES string of the molecule is CN(Cc1nc(-c2ccncc2)no1)C(=O)[C@@H](c1ccc(F)cc1)N(C)C. The van der Waals surface area contributed by atoms with Gasteiger partial charge in [0.05, 0.1) is 6.54 Å². The predicted octanol–water partition coefficient (Wildman–Crippen LogP) is 2.53. The van der Waals surface area contributed by atoms with Crippen LogP contribution in [0.15, 0.2) is 53.3 Å². The Morgan fingerprint density at radius 1 is 1.11 bits per heavy atom. The van der Waals surface area contributed by atoms with E-state index in [0.717, 1.165) is 5.56 Å². The maximum absolute atomic E-state index is 13.2. The molecule has 0 saturated carbocycles. The van der Waals surface area contributed by atoms with Gasteiger partial charge in [-0.15, -0.1) is 0 Å². The fraction of sp³-hybridized carbons (Fsp3) is 0.263. The molecule has 2 heterocycles. The first-order chi connectivity index (χ1) is 13.0. The van der Waals surface area contributed by atoms with E-state index in [9.17, 15) is 9.18 Å². The maximum Gasteiger partial charge on any atom is 0.246 e. The summed E-state index contributed by atoms with van der Waals surface area (Å²) in [4.78, 5) is 24.5. The number of carbonyl (C=O) groups excluding carboxylic acids is 1. The van der Waals surface area contributed by atoms with Crippen molar-refractivity contribution in [2.45, 2.75) is 12.6 Å². The first-order valence-electron chi connectivity index (χ1n) is 8.35. The van der Waals surface area contributed by atoms with E-state index in [4.69, 9.17) is 4.52 Å². The van der Waals surface area contributed by atoms with Crippen molar-refractivity contribution in [3.63, 3.8) is 0 Å². The topological polar surface area (TPSA) is 75.4 Å². The van der Waals surface area contributed by atoms with E-state index in [1.807, 2.05) is 0 Å². The van der Waals surface area contributed by atoms with Crippen LogP contribution < -0.4 is 0 Å². The number of aromatic nitrogens is 3. The van der Waals surface area contributed by atoms with Gasteiger partial charge in [-0.25, -0.2) is 4.39 Å². The summed E-state index contributed by atoms with van der Waals surface area (Å²) in [5, 5.41) is 3.94. The molecular weight excluding hydrogens is 349 g/mol. The van der Waals surface area contributed by atoms with Gasteiger partial charge in [-0.3, -0.25) is 14.7 Å². The van der Waals surface area contributed by atoms with Crippen LogP contribution in [0, 0.1) is 5.82 Å². The van der Waals surface area contributed by atoms with Crippen LogP contribution in [-0.4, -0.2) is 52.0 Å². The van der Waals surface area contributed by atoms with Crippen molar-refractivity contribution in [1.29, 1.82) is 0 Å². The zero-order chi connectivity index (χ0) is 19.4. The van der Waals surface area contributed by atoms with Crippen LogP contribution in [0.1, 0.15) is 17.5 Å². The van der Waals surface area contributed by atoms with Gasteiger partial charge in [-0.1, -0.05) is 17.3 Å². The zero-order valence-corrected chi connectivity index (χ0v) is 15.3. The molecule has 0 aliphatic heterocycles. The predicted molar refractivity (Wildman–Crippen MR) is 96.8 cm³/mol. The third-order valence-corrected chi connectivity index (χ3v) is 4.09. The zero-order valence-electron chi connectivity index (χ0n) is 15.3. The van der Waals surface area contributed by atoms with Crippen molar-refractivity contribution in [3.8, 4) is 11.4 Å². The number of nitrogens with zero attached hydrogens (tertiary/aromatic N) is 5. The molecule has 1 aromatic carbocycles. The normalized spacial score (nSPS) is 12.2. The molecule has 0 fully saturated rings. The van der Waals surface area contributed by atoms with Gasteiger partial charge in [-0.05, 0) is 43.9 Å². The highest BCUT2D eigenvalue weighted by molar-refractivity contribution is 5.83. The van der Waals surface area contributed by atoms with Crippen LogP contribution >= 0.6 is 0 Å². The molecule has 1 atom stereocenters. The Bertz CT molecular complexity index is 896. The third-order valence-electron chi connectivity index (χ3n) is 4.09. The molecule has 0 N–H and O–H groups in total. The summed E-state index contributed by atoms with van der Waals surface area (Å²) in [6.07, 6.45) is 3.29. The Labute approximate surface area is 156 Å². The lowest BCUT2D eigenvalue weighted by Crippen LogP contribution is -2.38. The monoisotopic (exact) mass is 369 g/mol. The molecule has 3 aromatic rings. The molecule has 140 valence electrons. The molecule has 8 heteroatoms. The number of likely N-dealkylation sites (N-methyl/N-ethyl adjacent to an activating group) is 2. The number of rotatable bonds is 6. The van der Waals surface area contributed by atoms with Crippen LogP contribution in [0.4, 0.5) is 4.39 Å². The molecule has 0 aliphatic rings. The minimum Gasteiger partial charge on any atom is -0.337 e. The second-order valence-electron chi connectivity index (χ2n) is 6.36. The lowest BCUT2D eigenvalue weighted by molar-refractivity contribution is -0.135. The molecule has 0 spiro atoms. The molecule has 3 rings (SSSR count). The first kappa shape index (κ1) is 18.7. The van der Waals surface area contributed by atoms with E-state index in [2.05, 4.69) is 15.1 Å². The molecule has 27 heavy (non-hydrogen) atoms. The number of carbonyl (C=O) groups is 1. The lowest BCUT2D eigenvalue weighted by Gasteiger charge is -2.28. The van der Waals surface area contributed by atoms with Gasteiger partial charge in [0.1, 0.15) is 11.9 Å². The Hall–Kier alpha value is -3.13. The first-order valence-corrected chi connectivity index (χ1v) is 8.35. The summed E-state index contributed by atoms with van der Waals surface area (Å²) in [6, 6.07) is 8.93. The second kappa shape index (κ2) is 8.05. The smallest absolute Gasteiger partial charge is 0.246 e. The van der Waals surface area contributed by atoms with E-state index in [1.54, 1.807) is 62.7 Å². The number of hydrogen-bond acceptors (Lipinski definition) is 6. The fourth-order valence-corrected chi connectivity index (χ4v) is 2.73. The summed E-state index contributed by atoms with van der Waals surface area (Å²) < 4.78 is 18.5. The van der Waals surface area contributed by atoms with Crippen molar-refractivity contribution >= 4 is 5.91 Å². The molecular formula is C19H20FN5O2. The van der Waals surface area contributed by atoms with Gasteiger partial charge in [0.2, 0.25) is 17.6 Å². The summed E-state index contributed by atoms with van der Waals surface area (Å²) in [5.41, 5.74) is 1.49. The standard InChI is InChI=1S/C19H20FN5O2/c1-24(2)17(13-4-6-15(20)7-5-13)19(26)25(3)12-16-22-18(23-27-16)14-8-10-21-11-9-14/h4-11,17H,12H2,1-3H3/t17-/m1/s1. The molecule has 0 saturated heterocycles. The van der Waals surface area contributed by atoms with Gasteiger partial charge >= 0.3 is 0 Å². The van der Waals surface area contributed by atoms with Crippen LogP contribution in [0.3, 0.4) is 0 Å². The van der Waals surface area contributed by atoms with Crippen LogP contribution in [0.25, 0.3) is 11.4 Å². The highest BCUT2D eigenvalue weighted by Crippen LogP contribution is 2.22. The molecule has 0 radical (unpaired) electrons. The number of amides is 1. The van der Waals surface area contributed by atoms with Crippen molar-refractivity contribution in [3.05, 3.63) is 66.1 Å². The van der Waals surface area contributed by atoms with E-state index in [1.165, 1.54) is 17.0 Å². The van der Waals surface area contributed by atoms with Crippen LogP contribution in [0.2, 0.25) is 0 Å². The minimum absolute atomic E-state index is 0.157. The number of halogens is 1. The average molecular weight is 369 g/mol. The summed E-state index contributed by atoms with van der Waals surface area (Å²) in [6.45, 7) is 0.169. The highest BCUT2D eigenvalue weighted by atomic mass is 19.1. The molecule has 7 nitrogen and oxygen atoms in total. The highest BCUT2D eigenvalue weighted by Gasteiger charge is 2.27. The molecule has 1 amide bonds. The van der Waals surface area contributed by atoms with Crippen molar-refractivity contribution < 1.29 is 13.7 Å². The van der Waals surface area contributed by atoms with Crippen molar-refractivity contribution in [2.75, 3.05) is 21.1 Å². The molecule has 0 unspecified atom stereocenters. The molecule has 0 bridgehead atoms. The number of pyridine rings is 1. The van der Waals surface area contributed by atoms with E-state index in [-0.39, 0.29) is 18.3 Å². The van der Waals surface area contributed by atoms with Gasteiger partial charge in [0.25, 0.3) is 0 Å². The average Bonchev–Trinajstić information content (AvgIpc) is 3.12. The Kier molecular flexibility index (Phi) is 5.56. The fourth-order valence-electron chi connectivity index (χ4n) is 2.73. The Morgan fingerprint density at radius 2 is 1.78 bits per heavy atom. The summed E-state index contributed by atoms with van der Waals surface area (Å²) in [5.74, 6) is 0.270. The van der Waals surface area contributed by atoms with Gasteiger partial charge < -0.3 is 9.42 Å². The quantitative estimate of drug-likeness (QED) is 0.665. The lowest BCUT2D eigenvalue weighted by atomic mass is 10.0. The summed E-state index contributed by atoms with van der Waals surface area (Å²) in [7, 11) is 5.26. The van der Waals surface area contributed by atoms with E-state index in [0.29, 0.717) is 17.3 Å². The van der Waals surface area contributed by atoms with Gasteiger partial charge in [0.15, 0.2) is 0 Å². The van der Waals surface area contributed by atoms with Crippen LogP contribution in [-0.2, 0) is 11.3 Å². The largest absolute Gasteiger partial charge is 0.337 e. The van der Waals surface area contributed by atoms with Gasteiger partial charge in [0, 0.05) is 25.0 Å². The Morgan fingerprint density at radius 3 is 2.41 bits per heavy atom. The van der Waals surface area contributed by atoms with Crippen LogP contribution in [0.5, 0.6) is 0 Å². The number of benzene rings is 1. The van der Waals surface area contributed by atoms with Crippen molar-refractivity contribution in [2.24, 2.45) is 0 Å². The molecule has 0 aliphatic carbocycles. The van der Waals surface area contributed by atoms with Gasteiger partial charge in [-0.2, -0.15) is 4.98 Å². The van der Waals surface area contributed by atoms with Crippen molar-refractivity contribution in [1.82, 2.24) is 24.9 Å². The van der Waals surface area contributed by atoms with E-state index < -0.39 is 6.04 Å². The minimum atomic E-state index is -0.543. The van der Waals surface area contributed by atoms with E-state index >= 15 is 0 Å². The molecule has 2 aromatic heterocycles.